The number of halogens is 1. The van der Waals surface area contributed by atoms with Gasteiger partial charge in [0.2, 0.25) is 11.8 Å². The van der Waals surface area contributed by atoms with E-state index in [1.54, 1.807) is 30.3 Å². The number of imide groups is 2. The molecule has 0 bridgehead atoms. The molecule has 2 saturated heterocycles. The number of nitrogens with zero attached hydrogens (tertiary/aromatic N) is 6. The van der Waals surface area contributed by atoms with Crippen LogP contribution in [0.5, 0.6) is 11.5 Å². The number of hydrogen-bond donors (Lipinski definition) is 1. The number of nitrogens with one attached hydrogen (secondary N) is 1. The monoisotopic (exact) mass is 795 g/mol. The number of benzene rings is 2. The molecule has 2 atom stereocenters. The Labute approximate surface area is 338 Å². The molecule has 4 heterocycles. The van der Waals surface area contributed by atoms with Crippen molar-refractivity contribution in [3.63, 3.8) is 0 Å². The van der Waals surface area contributed by atoms with E-state index < -0.39 is 29.7 Å². The lowest BCUT2D eigenvalue weighted by molar-refractivity contribution is -0.136. The minimum Gasteiger partial charge on any atom is -0.490 e. The van der Waals surface area contributed by atoms with Crippen LogP contribution in [0.2, 0.25) is 5.02 Å². The Balaban J connectivity index is 0.941. The van der Waals surface area contributed by atoms with E-state index in [1.165, 1.54) is 19.3 Å². The summed E-state index contributed by atoms with van der Waals surface area (Å²) in [4.78, 5) is 64.7. The lowest BCUT2D eigenvalue weighted by atomic mass is 9.86. The third-order valence-corrected chi connectivity index (χ3v) is 12.7. The van der Waals surface area contributed by atoms with Gasteiger partial charge in [-0.1, -0.05) is 18.0 Å². The highest BCUT2D eigenvalue weighted by Gasteiger charge is 2.46. The van der Waals surface area contributed by atoms with E-state index >= 15 is 0 Å². The predicted octanol–water partition coefficient (Wildman–Crippen LogP) is 6.01. The zero-order valence-corrected chi connectivity index (χ0v) is 33.5. The van der Waals surface area contributed by atoms with Crippen molar-refractivity contribution in [2.45, 2.75) is 134 Å². The molecule has 4 fully saturated rings. The Morgan fingerprint density at radius 3 is 2.26 bits per heavy atom. The molecule has 2 aromatic rings. The van der Waals surface area contributed by atoms with Crippen molar-refractivity contribution in [2.24, 2.45) is 4.99 Å². The average molecular weight is 796 g/mol. The predicted molar refractivity (Wildman–Crippen MR) is 213 cm³/mol. The fourth-order valence-electron chi connectivity index (χ4n) is 9.50. The van der Waals surface area contributed by atoms with Gasteiger partial charge in [0.1, 0.15) is 41.7 Å². The van der Waals surface area contributed by atoms with Crippen molar-refractivity contribution in [1.29, 1.82) is 5.26 Å². The van der Waals surface area contributed by atoms with Gasteiger partial charge in [0.25, 0.3) is 11.8 Å². The Hall–Kier alpha value is -4.93. The van der Waals surface area contributed by atoms with Gasteiger partial charge >= 0.3 is 0 Å². The van der Waals surface area contributed by atoms with Crippen molar-refractivity contribution in [2.75, 3.05) is 13.1 Å². The van der Waals surface area contributed by atoms with Crippen LogP contribution in [0, 0.1) is 11.3 Å². The number of fused-ring (bicyclic) bond motifs is 1. The molecule has 6 aliphatic rings. The number of rotatable bonds is 10. The summed E-state index contributed by atoms with van der Waals surface area (Å²) < 4.78 is 12.7. The quantitative estimate of drug-likeness (QED) is 0.284. The van der Waals surface area contributed by atoms with Crippen molar-refractivity contribution in [3.05, 3.63) is 70.1 Å². The fourth-order valence-corrected chi connectivity index (χ4v) is 9.71. The summed E-state index contributed by atoms with van der Waals surface area (Å²) >= 11 is 6.30. The zero-order chi connectivity index (χ0) is 40.0. The molecule has 2 saturated carbocycles. The first-order valence-corrected chi connectivity index (χ1v) is 20.8. The van der Waals surface area contributed by atoms with Crippen molar-refractivity contribution in [3.8, 4) is 17.6 Å². The number of hydrogen-bond acceptors (Lipinski definition) is 11. The number of aliphatic imine (C=N–C) groups is 1. The largest absolute Gasteiger partial charge is 0.490 e. The molecule has 2 aliphatic carbocycles. The maximum absolute atomic E-state index is 13.4. The SMILES string of the molecule is CC1=NC(N(C(C)C)C2CC(Oc3ccc4c(c3)C(=O)N([C@@H]3CCC(=O)NC3=O)C4=O)C2)=CN(C2CCC(Oc3ccc(C#N)c(Cl)c3)CC2)C1N1CCCCC1. The molecular formula is C43H50ClN7O6. The van der Waals surface area contributed by atoms with Crippen LogP contribution in [0.15, 0.2) is 53.4 Å². The summed E-state index contributed by atoms with van der Waals surface area (Å²) in [5, 5.41) is 11.9. The van der Waals surface area contributed by atoms with Crippen molar-refractivity contribution in [1.82, 2.24) is 24.9 Å². The fraction of sp³-hybridized carbons (Fsp3) is 0.535. The second kappa shape index (κ2) is 16.1. The Morgan fingerprint density at radius 1 is 0.895 bits per heavy atom. The molecule has 4 amide bonds. The first kappa shape index (κ1) is 38.9. The lowest BCUT2D eigenvalue weighted by Gasteiger charge is -2.51. The first-order chi connectivity index (χ1) is 27.5. The van der Waals surface area contributed by atoms with E-state index in [2.05, 4.69) is 53.1 Å². The van der Waals surface area contributed by atoms with Crippen LogP contribution in [-0.4, -0.2) is 105 Å². The second-order valence-electron chi connectivity index (χ2n) is 16.5. The van der Waals surface area contributed by atoms with Gasteiger partial charge < -0.3 is 19.3 Å². The minimum atomic E-state index is -1.01. The number of piperidine rings is 2. The highest BCUT2D eigenvalue weighted by atomic mass is 35.5. The summed E-state index contributed by atoms with van der Waals surface area (Å²) in [6.07, 6.45) is 11.6. The highest BCUT2D eigenvalue weighted by molar-refractivity contribution is 6.31. The molecule has 13 nitrogen and oxygen atoms in total. The van der Waals surface area contributed by atoms with Gasteiger partial charge in [-0.15, -0.1) is 0 Å². The standard InChI is InChI=1S/C43H50ClN7O6/c1-25(2)50(29-19-33(20-29)57-31-13-14-34-35(21-31)43(55)51(42(34)54)37-15-16-39(52)47-40(37)53)38-24-49(41(26(3)46-38)48-17-5-4-6-18-48)28-8-11-30(12-9-28)56-32-10-7-27(23-45)36(44)22-32/h7,10,13-14,21-22,24-25,28-30,33,37,41H,4-6,8-9,11-12,15-20H2,1-3H3,(H,47,52,53)/t28?,29?,30?,33?,37-,41?/m1/s1. The van der Waals surface area contributed by atoms with Crippen LogP contribution in [0.3, 0.4) is 0 Å². The molecule has 1 N–H and O–H groups in total. The van der Waals surface area contributed by atoms with Gasteiger partial charge in [-0.25, -0.2) is 4.99 Å². The van der Waals surface area contributed by atoms with Gasteiger partial charge in [-0.3, -0.25) is 34.3 Å². The van der Waals surface area contributed by atoms with Gasteiger partial charge in [0, 0.05) is 62.7 Å². The maximum atomic E-state index is 13.4. The van der Waals surface area contributed by atoms with Crippen LogP contribution < -0.4 is 14.8 Å². The van der Waals surface area contributed by atoms with E-state index in [9.17, 15) is 24.4 Å². The normalized spacial score (nSPS) is 27.9. The molecule has 2 aromatic carbocycles. The third-order valence-electron chi connectivity index (χ3n) is 12.4. The molecule has 0 aromatic heterocycles. The highest BCUT2D eigenvalue weighted by Crippen LogP contribution is 2.39. The molecule has 8 rings (SSSR count). The maximum Gasteiger partial charge on any atom is 0.262 e. The molecule has 300 valence electrons. The first-order valence-electron chi connectivity index (χ1n) is 20.4. The Kier molecular flexibility index (Phi) is 11.0. The zero-order valence-electron chi connectivity index (χ0n) is 32.8. The lowest BCUT2D eigenvalue weighted by Crippen LogP contribution is -2.58. The molecular weight excluding hydrogens is 746 g/mol. The van der Waals surface area contributed by atoms with Crippen LogP contribution in [-0.2, 0) is 9.59 Å². The number of ether oxygens (including phenoxy) is 2. The molecule has 1 unspecified atom stereocenters. The summed E-state index contributed by atoms with van der Waals surface area (Å²) in [5.74, 6) is 0.0574. The molecule has 4 aliphatic heterocycles. The average Bonchev–Trinajstić information content (AvgIpc) is 3.42. The van der Waals surface area contributed by atoms with Crippen LogP contribution >= 0.6 is 11.6 Å². The van der Waals surface area contributed by atoms with Gasteiger partial charge in [-0.2, -0.15) is 5.26 Å². The summed E-state index contributed by atoms with van der Waals surface area (Å²) in [5.41, 5.74) is 2.00. The van der Waals surface area contributed by atoms with Crippen LogP contribution in [0.4, 0.5) is 0 Å². The number of amides is 4. The Bertz CT molecular complexity index is 2040. The van der Waals surface area contributed by atoms with Crippen LogP contribution in [0.1, 0.15) is 118 Å². The smallest absolute Gasteiger partial charge is 0.262 e. The van der Waals surface area contributed by atoms with E-state index in [-0.39, 0.29) is 54.4 Å². The van der Waals surface area contributed by atoms with Crippen molar-refractivity contribution < 1.29 is 28.7 Å². The van der Waals surface area contributed by atoms with E-state index in [0.29, 0.717) is 28.1 Å². The molecule has 14 heteroatoms. The van der Waals surface area contributed by atoms with E-state index in [4.69, 9.17) is 26.1 Å². The number of carbonyl (C=O) groups excluding carboxylic acids is 4. The topological polar surface area (TPSA) is 148 Å². The number of carbonyl (C=O) groups is 4. The van der Waals surface area contributed by atoms with Gasteiger partial charge in [0.05, 0.1) is 33.5 Å². The third kappa shape index (κ3) is 7.74. The second-order valence-corrected chi connectivity index (χ2v) is 16.9. The number of likely N-dealkylation sites (tertiary alicyclic amines) is 1. The van der Waals surface area contributed by atoms with Gasteiger partial charge in [0.15, 0.2) is 0 Å². The minimum absolute atomic E-state index is 0.0715. The molecule has 0 spiro atoms. The summed E-state index contributed by atoms with van der Waals surface area (Å²) in [6.45, 7) is 8.70. The van der Waals surface area contributed by atoms with E-state index in [0.717, 1.165) is 68.0 Å². The number of nitriles is 1. The summed E-state index contributed by atoms with van der Waals surface area (Å²) in [7, 11) is 0. The van der Waals surface area contributed by atoms with Gasteiger partial charge in [-0.05, 0) is 96.0 Å². The Morgan fingerprint density at radius 2 is 1.58 bits per heavy atom. The van der Waals surface area contributed by atoms with Crippen LogP contribution in [0.25, 0.3) is 0 Å². The van der Waals surface area contributed by atoms with Crippen molar-refractivity contribution >= 4 is 40.9 Å². The van der Waals surface area contributed by atoms with E-state index in [1.807, 2.05) is 6.07 Å². The molecule has 57 heavy (non-hydrogen) atoms. The molecule has 0 radical (unpaired) electrons. The summed E-state index contributed by atoms with van der Waals surface area (Å²) in [6, 6.07) is 12.0.